The maximum atomic E-state index is 12.3. The quantitative estimate of drug-likeness (QED) is 0.592. The van der Waals surface area contributed by atoms with E-state index in [9.17, 15) is 8.42 Å². The van der Waals surface area contributed by atoms with Crippen LogP contribution in [0.2, 0.25) is 0 Å². The highest BCUT2D eigenvalue weighted by Gasteiger charge is 2.28. The SMILES string of the molecule is CCCNCCCCS(=O)(=O)N1CCCC(OCCC)C1. The molecular weight excluding hydrogens is 288 g/mol. The molecule has 0 spiro atoms. The average molecular weight is 320 g/mol. The minimum atomic E-state index is -3.11. The maximum absolute atomic E-state index is 12.3. The number of rotatable bonds is 11. The topological polar surface area (TPSA) is 58.6 Å². The Balaban J connectivity index is 2.28. The summed E-state index contributed by atoms with van der Waals surface area (Å²) in [4.78, 5) is 0. The van der Waals surface area contributed by atoms with Gasteiger partial charge < -0.3 is 10.1 Å². The Morgan fingerprint density at radius 3 is 2.71 bits per heavy atom. The van der Waals surface area contributed by atoms with E-state index in [1.54, 1.807) is 4.31 Å². The number of sulfonamides is 1. The fourth-order valence-corrected chi connectivity index (χ4v) is 4.17. The Morgan fingerprint density at radius 2 is 2.00 bits per heavy atom. The highest BCUT2D eigenvalue weighted by atomic mass is 32.2. The minimum Gasteiger partial charge on any atom is -0.377 e. The van der Waals surface area contributed by atoms with Gasteiger partial charge in [0, 0.05) is 19.7 Å². The molecule has 0 aliphatic carbocycles. The molecule has 0 saturated carbocycles. The lowest BCUT2D eigenvalue weighted by atomic mass is 10.1. The minimum absolute atomic E-state index is 0.0831. The zero-order chi connectivity index (χ0) is 15.6. The smallest absolute Gasteiger partial charge is 0.214 e. The summed E-state index contributed by atoms with van der Waals surface area (Å²) in [7, 11) is -3.11. The summed E-state index contributed by atoms with van der Waals surface area (Å²) in [5.74, 6) is 0.265. The van der Waals surface area contributed by atoms with Crippen LogP contribution in [-0.2, 0) is 14.8 Å². The molecule has 1 rings (SSSR count). The van der Waals surface area contributed by atoms with E-state index in [1.165, 1.54) is 0 Å². The normalized spacial score (nSPS) is 20.8. The van der Waals surface area contributed by atoms with Crippen LogP contribution in [0.5, 0.6) is 0 Å². The van der Waals surface area contributed by atoms with Gasteiger partial charge in [-0.2, -0.15) is 4.31 Å². The van der Waals surface area contributed by atoms with Crippen molar-refractivity contribution in [1.82, 2.24) is 9.62 Å². The van der Waals surface area contributed by atoms with Gasteiger partial charge in [-0.3, -0.25) is 0 Å². The van der Waals surface area contributed by atoms with Gasteiger partial charge in [0.05, 0.1) is 11.9 Å². The maximum Gasteiger partial charge on any atom is 0.214 e. The third-order valence-corrected chi connectivity index (χ3v) is 5.65. The Labute approximate surface area is 130 Å². The van der Waals surface area contributed by atoms with Crippen molar-refractivity contribution in [2.75, 3.05) is 38.5 Å². The molecule has 0 radical (unpaired) electrons. The van der Waals surface area contributed by atoms with Crippen LogP contribution < -0.4 is 5.32 Å². The van der Waals surface area contributed by atoms with E-state index in [0.717, 1.165) is 58.2 Å². The van der Waals surface area contributed by atoms with E-state index in [-0.39, 0.29) is 11.9 Å². The number of piperidine rings is 1. The molecule has 0 aromatic rings. The van der Waals surface area contributed by atoms with Crippen molar-refractivity contribution in [2.45, 2.75) is 58.5 Å². The molecule has 0 amide bonds. The molecule has 1 atom stereocenters. The van der Waals surface area contributed by atoms with E-state index >= 15 is 0 Å². The molecule has 0 bridgehead atoms. The van der Waals surface area contributed by atoms with Crippen LogP contribution in [0.15, 0.2) is 0 Å². The lowest BCUT2D eigenvalue weighted by Gasteiger charge is -2.31. The van der Waals surface area contributed by atoms with Crippen molar-refractivity contribution in [3.05, 3.63) is 0 Å². The highest BCUT2D eigenvalue weighted by molar-refractivity contribution is 7.89. The first kappa shape index (κ1) is 18.9. The summed E-state index contributed by atoms with van der Waals surface area (Å²) < 4.78 is 32.0. The van der Waals surface area contributed by atoms with Gasteiger partial charge >= 0.3 is 0 Å². The van der Waals surface area contributed by atoms with Crippen molar-refractivity contribution in [3.63, 3.8) is 0 Å². The second-order valence-electron chi connectivity index (χ2n) is 5.77. The monoisotopic (exact) mass is 320 g/mol. The molecular formula is C15H32N2O3S. The zero-order valence-electron chi connectivity index (χ0n) is 13.6. The number of unbranched alkanes of at least 4 members (excludes halogenated alkanes) is 1. The molecule has 5 nitrogen and oxygen atoms in total. The standard InChI is InChI=1S/C15H32N2O3S/c1-3-9-16-10-5-6-13-21(18,19)17-11-7-8-15(14-17)20-12-4-2/h15-16H,3-14H2,1-2H3. The number of nitrogens with zero attached hydrogens (tertiary/aromatic N) is 1. The van der Waals surface area contributed by atoms with Gasteiger partial charge in [-0.1, -0.05) is 13.8 Å². The molecule has 6 heteroatoms. The summed E-state index contributed by atoms with van der Waals surface area (Å²) >= 11 is 0. The molecule has 1 N–H and O–H groups in total. The second-order valence-corrected chi connectivity index (χ2v) is 7.85. The molecule has 1 aliphatic rings. The molecule has 1 unspecified atom stereocenters. The number of hydrogen-bond donors (Lipinski definition) is 1. The van der Waals surface area contributed by atoms with E-state index < -0.39 is 10.0 Å². The fourth-order valence-electron chi connectivity index (χ4n) is 2.54. The fraction of sp³-hybridized carbons (Fsp3) is 1.00. The van der Waals surface area contributed by atoms with Gasteiger partial charge in [0.15, 0.2) is 0 Å². The molecule has 1 saturated heterocycles. The summed E-state index contributed by atoms with van der Waals surface area (Å²) in [6, 6.07) is 0. The second kappa shape index (κ2) is 10.5. The molecule has 1 fully saturated rings. The summed E-state index contributed by atoms with van der Waals surface area (Å²) in [5, 5.41) is 3.30. The van der Waals surface area contributed by atoms with Gasteiger partial charge in [0.25, 0.3) is 0 Å². The number of hydrogen-bond acceptors (Lipinski definition) is 4. The summed E-state index contributed by atoms with van der Waals surface area (Å²) in [6.45, 7) is 8.04. The molecule has 126 valence electrons. The largest absolute Gasteiger partial charge is 0.377 e. The van der Waals surface area contributed by atoms with Crippen LogP contribution in [0.1, 0.15) is 52.4 Å². The van der Waals surface area contributed by atoms with Gasteiger partial charge in [0.2, 0.25) is 10.0 Å². The van der Waals surface area contributed by atoms with E-state index in [4.69, 9.17) is 4.74 Å². The number of ether oxygens (including phenoxy) is 1. The Hall–Kier alpha value is -0.170. The molecule has 0 aromatic carbocycles. The van der Waals surface area contributed by atoms with Crippen LogP contribution in [-0.4, -0.2) is 57.4 Å². The van der Waals surface area contributed by atoms with E-state index in [0.29, 0.717) is 13.1 Å². The van der Waals surface area contributed by atoms with Crippen molar-refractivity contribution < 1.29 is 13.2 Å². The first-order chi connectivity index (χ1) is 10.1. The molecule has 0 aromatic heterocycles. The van der Waals surface area contributed by atoms with E-state index in [1.807, 2.05) is 0 Å². The van der Waals surface area contributed by atoms with E-state index in [2.05, 4.69) is 19.2 Å². The molecule has 1 aliphatic heterocycles. The third-order valence-electron chi connectivity index (χ3n) is 3.72. The van der Waals surface area contributed by atoms with Gasteiger partial charge in [-0.25, -0.2) is 8.42 Å². The van der Waals surface area contributed by atoms with Gasteiger partial charge in [-0.05, 0) is 51.6 Å². The van der Waals surface area contributed by atoms with Gasteiger partial charge in [-0.15, -0.1) is 0 Å². The Morgan fingerprint density at radius 1 is 1.19 bits per heavy atom. The third kappa shape index (κ3) is 7.58. The van der Waals surface area contributed by atoms with Crippen molar-refractivity contribution >= 4 is 10.0 Å². The Kier molecular flexibility index (Phi) is 9.47. The van der Waals surface area contributed by atoms with Crippen LogP contribution in [0.3, 0.4) is 0 Å². The predicted molar refractivity (Wildman–Crippen MR) is 87.0 cm³/mol. The lowest BCUT2D eigenvalue weighted by molar-refractivity contribution is 0.0193. The van der Waals surface area contributed by atoms with Crippen molar-refractivity contribution in [3.8, 4) is 0 Å². The Bertz CT molecular complexity index is 360. The summed E-state index contributed by atoms with van der Waals surface area (Å²) in [6.07, 6.45) is 5.72. The first-order valence-corrected chi connectivity index (χ1v) is 10.0. The van der Waals surface area contributed by atoms with Crippen LogP contribution >= 0.6 is 0 Å². The van der Waals surface area contributed by atoms with Crippen molar-refractivity contribution in [1.29, 1.82) is 0 Å². The molecule has 21 heavy (non-hydrogen) atoms. The highest BCUT2D eigenvalue weighted by Crippen LogP contribution is 2.17. The first-order valence-electron chi connectivity index (χ1n) is 8.40. The molecule has 1 heterocycles. The summed E-state index contributed by atoms with van der Waals surface area (Å²) in [5.41, 5.74) is 0. The number of nitrogens with one attached hydrogen (secondary N) is 1. The van der Waals surface area contributed by atoms with Gasteiger partial charge in [0.1, 0.15) is 0 Å². The van der Waals surface area contributed by atoms with Crippen LogP contribution in [0, 0.1) is 0 Å². The van der Waals surface area contributed by atoms with Crippen LogP contribution in [0.4, 0.5) is 0 Å². The average Bonchev–Trinajstić information content (AvgIpc) is 2.49. The van der Waals surface area contributed by atoms with Crippen molar-refractivity contribution in [2.24, 2.45) is 0 Å². The zero-order valence-corrected chi connectivity index (χ0v) is 14.5. The predicted octanol–water partition coefficient (Wildman–Crippen LogP) is 1.99. The lowest BCUT2D eigenvalue weighted by Crippen LogP contribution is -2.44. The van der Waals surface area contributed by atoms with Crippen LogP contribution in [0.25, 0.3) is 0 Å².